The topological polar surface area (TPSA) is 115 Å². The van der Waals surface area contributed by atoms with Crippen molar-refractivity contribution in [2.24, 2.45) is 5.73 Å². The summed E-state index contributed by atoms with van der Waals surface area (Å²) < 4.78 is 12.8. The Morgan fingerprint density at radius 3 is 2.13 bits per heavy atom. The van der Waals surface area contributed by atoms with E-state index in [1.165, 1.54) is 11.1 Å². The number of primary amides is 1. The number of hydrogen-bond donors (Lipinski definition) is 2. The molecule has 0 aliphatic carbocycles. The molecule has 2 aromatic carbocycles. The molecule has 158 valence electrons. The maximum absolute atomic E-state index is 11.4. The second kappa shape index (κ2) is 11.0. The summed E-state index contributed by atoms with van der Waals surface area (Å²) in [4.78, 5) is 21.1. The van der Waals surface area contributed by atoms with E-state index in [-0.39, 0.29) is 17.6 Å². The molecule has 8 nitrogen and oxygen atoms in total. The van der Waals surface area contributed by atoms with E-state index in [0.29, 0.717) is 32.8 Å². The summed E-state index contributed by atoms with van der Waals surface area (Å²) in [5, 5.41) is 0. The molecule has 0 fully saturated rings. The number of imidazole rings is 1. The van der Waals surface area contributed by atoms with Crippen molar-refractivity contribution in [1.82, 2.24) is 9.71 Å². The van der Waals surface area contributed by atoms with Gasteiger partial charge in [-0.1, -0.05) is 60.7 Å². The molecule has 1 atom stereocenters. The van der Waals surface area contributed by atoms with Gasteiger partial charge in [0, 0.05) is 6.42 Å². The Kier molecular flexibility index (Phi) is 7.82. The number of benzene rings is 2. The Bertz CT molecular complexity index is 915. The largest absolute Gasteiger partial charge is 0.405 e. The third kappa shape index (κ3) is 6.33. The SMILES string of the molecule is NC(=O)c1ncn(O[C@H](CCOCc2ccccc2)COCc2ccccc2)c1N. The van der Waals surface area contributed by atoms with Gasteiger partial charge in [0.15, 0.2) is 17.6 Å². The maximum atomic E-state index is 11.4. The molecule has 0 aliphatic heterocycles. The second-order valence-corrected chi connectivity index (χ2v) is 6.72. The number of hydrogen-bond acceptors (Lipinski definition) is 6. The van der Waals surface area contributed by atoms with E-state index in [2.05, 4.69) is 4.98 Å². The number of nitrogen functional groups attached to an aromatic ring is 1. The summed E-state index contributed by atoms with van der Waals surface area (Å²) in [7, 11) is 0. The Balaban J connectivity index is 1.55. The molecule has 0 spiro atoms. The molecule has 0 unspecified atom stereocenters. The maximum Gasteiger partial charge on any atom is 0.271 e. The van der Waals surface area contributed by atoms with Crippen LogP contribution in [-0.4, -0.2) is 34.9 Å². The van der Waals surface area contributed by atoms with Crippen molar-refractivity contribution >= 4 is 11.7 Å². The number of anilines is 1. The zero-order valence-corrected chi connectivity index (χ0v) is 16.6. The van der Waals surface area contributed by atoms with Gasteiger partial charge in [0.25, 0.3) is 5.91 Å². The summed E-state index contributed by atoms with van der Waals surface area (Å²) in [6.45, 7) is 1.74. The van der Waals surface area contributed by atoms with Gasteiger partial charge >= 0.3 is 0 Å². The first-order valence-electron chi connectivity index (χ1n) is 9.66. The number of amides is 1. The highest BCUT2D eigenvalue weighted by Gasteiger charge is 2.18. The van der Waals surface area contributed by atoms with Gasteiger partial charge in [-0.15, -0.1) is 0 Å². The monoisotopic (exact) mass is 410 g/mol. The number of rotatable bonds is 12. The van der Waals surface area contributed by atoms with E-state index in [0.717, 1.165) is 11.1 Å². The standard InChI is InChI=1S/C22H26N4O4/c23-21-20(22(24)27)25-16-26(21)30-19(15-29-14-18-9-5-2-6-10-18)11-12-28-13-17-7-3-1-4-8-17/h1-10,16,19H,11-15,23H2,(H2,24,27)/t19-/m1/s1. The average Bonchev–Trinajstić information content (AvgIpc) is 3.13. The van der Waals surface area contributed by atoms with Crippen LogP contribution in [0.5, 0.6) is 0 Å². The molecule has 0 radical (unpaired) electrons. The Hall–Kier alpha value is -3.36. The fourth-order valence-electron chi connectivity index (χ4n) is 2.81. The van der Waals surface area contributed by atoms with Gasteiger partial charge < -0.3 is 25.8 Å². The van der Waals surface area contributed by atoms with Gasteiger partial charge in [0.05, 0.1) is 26.4 Å². The molecule has 4 N–H and O–H groups in total. The number of aromatic nitrogens is 2. The average molecular weight is 410 g/mol. The first-order chi connectivity index (χ1) is 14.6. The van der Waals surface area contributed by atoms with Crippen molar-refractivity contribution in [3.8, 4) is 0 Å². The van der Waals surface area contributed by atoms with Crippen LogP contribution in [0.4, 0.5) is 5.82 Å². The molecule has 0 aliphatic rings. The number of nitrogens with two attached hydrogens (primary N) is 2. The van der Waals surface area contributed by atoms with Crippen LogP contribution in [-0.2, 0) is 22.7 Å². The van der Waals surface area contributed by atoms with Crippen LogP contribution in [0.3, 0.4) is 0 Å². The zero-order chi connectivity index (χ0) is 21.2. The van der Waals surface area contributed by atoms with Gasteiger partial charge in [-0.3, -0.25) is 4.79 Å². The lowest BCUT2D eigenvalue weighted by Crippen LogP contribution is -2.31. The molecule has 0 saturated carbocycles. The van der Waals surface area contributed by atoms with E-state index in [1.54, 1.807) is 0 Å². The van der Waals surface area contributed by atoms with Crippen LogP contribution in [0.25, 0.3) is 0 Å². The Morgan fingerprint density at radius 1 is 0.967 bits per heavy atom. The van der Waals surface area contributed by atoms with E-state index in [4.69, 9.17) is 25.8 Å². The van der Waals surface area contributed by atoms with Crippen LogP contribution in [0.1, 0.15) is 28.0 Å². The summed E-state index contributed by atoms with van der Waals surface area (Å²) in [6.07, 6.45) is 1.52. The number of nitrogens with zero attached hydrogens (tertiary/aromatic N) is 2. The van der Waals surface area contributed by atoms with Crippen molar-refractivity contribution < 1.29 is 19.1 Å². The van der Waals surface area contributed by atoms with Crippen molar-refractivity contribution in [2.45, 2.75) is 25.7 Å². The lowest BCUT2D eigenvalue weighted by Gasteiger charge is -2.20. The minimum absolute atomic E-state index is 0.0284. The molecule has 0 saturated heterocycles. The molecule has 8 heteroatoms. The highest BCUT2D eigenvalue weighted by atomic mass is 16.7. The smallest absolute Gasteiger partial charge is 0.271 e. The van der Waals surface area contributed by atoms with Crippen LogP contribution in [0.2, 0.25) is 0 Å². The second-order valence-electron chi connectivity index (χ2n) is 6.72. The zero-order valence-electron chi connectivity index (χ0n) is 16.6. The summed E-state index contributed by atoms with van der Waals surface area (Å²) in [6, 6.07) is 19.8. The predicted octanol–water partition coefficient (Wildman–Crippen LogP) is 2.19. The molecule has 1 aromatic heterocycles. The third-order valence-electron chi connectivity index (χ3n) is 4.38. The predicted molar refractivity (Wildman–Crippen MR) is 112 cm³/mol. The fraction of sp³-hybridized carbons (Fsp3) is 0.273. The van der Waals surface area contributed by atoms with Crippen LogP contribution < -0.4 is 16.3 Å². The molecular weight excluding hydrogens is 384 g/mol. The Morgan fingerprint density at radius 2 is 1.57 bits per heavy atom. The number of carbonyl (C=O) groups excluding carboxylic acids is 1. The summed E-state index contributed by atoms with van der Waals surface area (Å²) in [5.41, 5.74) is 13.3. The van der Waals surface area contributed by atoms with Crippen LogP contribution in [0, 0.1) is 0 Å². The van der Waals surface area contributed by atoms with E-state index >= 15 is 0 Å². The lowest BCUT2D eigenvalue weighted by molar-refractivity contribution is -0.0431. The molecule has 30 heavy (non-hydrogen) atoms. The molecule has 3 aromatic rings. The van der Waals surface area contributed by atoms with Gasteiger partial charge in [0.2, 0.25) is 0 Å². The van der Waals surface area contributed by atoms with Crippen molar-refractivity contribution in [1.29, 1.82) is 0 Å². The highest BCUT2D eigenvalue weighted by molar-refractivity contribution is 5.95. The molecule has 3 rings (SSSR count). The van der Waals surface area contributed by atoms with Gasteiger partial charge in [0.1, 0.15) is 6.33 Å². The number of ether oxygens (including phenoxy) is 2. The van der Waals surface area contributed by atoms with Crippen molar-refractivity contribution in [3.05, 3.63) is 83.8 Å². The van der Waals surface area contributed by atoms with Crippen LogP contribution >= 0.6 is 0 Å². The van der Waals surface area contributed by atoms with Gasteiger partial charge in [-0.05, 0) is 11.1 Å². The minimum atomic E-state index is -0.710. The van der Waals surface area contributed by atoms with E-state index in [1.807, 2.05) is 60.7 Å². The minimum Gasteiger partial charge on any atom is -0.405 e. The fourth-order valence-corrected chi connectivity index (χ4v) is 2.81. The highest BCUT2D eigenvalue weighted by Crippen LogP contribution is 2.11. The summed E-state index contributed by atoms with van der Waals surface area (Å²) in [5.74, 6) is -0.654. The first-order valence-corrected chi connectivity index (χ1v) is 9.66. The number of carbonyl (C=O) groups is 1. The van der Waals surface area contributed by atoms with Crippen molar-refractivity contribution in [3.63, 3.8) is 0 Å². The van der Waals surface area contributed by atoms with Crippen LogP contribution in [0.15, 0.2) is 67.0 Å². The normalized spacial score (nSPS) is 11.9. The third-order valence-corrected chi connectivity index (χ3v) is 4.38. The molecule has 1 amide bonds. The first kappa shape index (κ1) is 21.4. The van der Waals surface area contributed by atoms with E-state index in [9.17, 15) is 4.79 Å². The Labute approximate surface area is 175 Å². The molecule has 0 bridgehead atoms. The quantitative estimate of drug-likeness (QED) is 0.442. The molecule has 1 heterocycles. The van der Waals surface area contributed by atoms with Crippen molar-refractivity contribution in [2.75, 3.05) is 18.9 Å². The summed E-state index contributed by atoms with van der Waals surface area (Å²) >= 11 is 0. The molecular formula is C22H26N4O4. The lowest BCUT2D eigenvalue weighted by atomic mass is 10.2. The van der Waals surface area contributed by atoms with E-state index < -0.39 is 5.91 Å². The van der Waals surface area contributed by atoms with Gasteiger partial charge in [-0.2, -0.15) is 4.73 Å². The van der Waals surface area contributed by atoms with Gasteiger partial charge in [-0.25, -0.2) is 4.98 Å².